The summed E-state index contributed by atoms with van der Waals surface area (Å²) in [4.78, 5) is 0. The summed E-state index contributed by atoms with van der Waals surface area (Å²) in [6.07, 6.45) is 7.20. The minimum absolute atomic E-state index is 0.715. The lowest BCUT2D eigenvalue weighted by molar-refractivity contribution is 0.0305. The van der Waals surface area contributed by atoms with E-state index in [4.69, 9.17) is 21.1 Å². The lowest BCUT2D eigenvalue weighted by Gasteiger charge is -2.14. The predicted octanol–water partition coefficient (Wildman–Crippen LogP) is 4.26. The second-order valence-corrected chi connectivity index (χ2v) is 4.88. The largest absolute Gasteiger partial charge is 0.379 e. The summed E-state index contributed by atoms with van der Waals surface area (Å²) >= 11 is 5.58. The number of alkyl halides is 1. The molecule has 1 atom stereocenters. The van der Waals surface area contributed by atoms with Crippen molar-refractivity contribution in [2.45, 2.75) is 52.4 Å². The van der Waals surface area contributed by atoms with Gasteiger partial charge in [-0.1, -0.05) is 33.1 Å². The highest BCUT2D eigenvalue weighted by atomic mass is 35.5. The summed E-state index contributed by atoms with van der Waals surface area (Å²) in [5, 5.41) is 0. The molecule has 0 radical (unpaired) electrons. The Bertz CT molecular complexity index is 142. The zero-order chi connectivity index (χ0) is 12.8. The molecule has 0 heterocycles. The highest BCUT2D eigenvalue weighted by molar-refractivity contribution is 6.17. The van der Waals surface area contributed by atoms with E-state index in [-0.39, 0.29) is 0 Å². The van der Waals surface area contributed by atoms with Crippen molar-refractivity contribution in [2.75, 3.05) is 32.3 Å². The van der Waals surface area contributed by atoms with Crippen LogP contribution in [0.1, 0.15) is 52.4 Å². The number of hydrogen-bond donors (Lipinski definition) is 0. The maximum absolute atomic E-state index is 5.64. The van der Waals surface area contributed by atoms with Crippen molar-refractivity contribution in [2.24, 2.45) is 5.92 Å². The molecule has 0 bridgehead atoms. The number of ether oxygens (including phenoxy) is 2. The van der Waals surface area contributed by atoms with E-state index in [1.165, 1.54) is 25.7 Å². The van der Waals surface area contributed by atoms with Crippen LogP contribution >= 0.6 is 11.6 Å². The van der Waals surface area contributed by atoms with Crippen molar-refractivity contribution in [3.8, 4) is 0 Å². The molecule has 104 valence electrons. The average molecular weight is 265 g/mol. The fourth-order valence-electron chi connectivity index (χ4n) is 1.67. The molecule has 0 N–H and O–H groups in total. The molecule has 3 heteroatoms. The molecule has 17 heavy (non-hydrogen) atoms. The Hall–Kier alpha value is 0.210. The Labute approximate surface area is 112 Å². The molecular weight excluding hydrogens is 236 g/mol. The summed E-state index contributed by atoms with van der Waals surface area (Å²) in [6, 6.07) is 0. The van der Waals surface area contributed by atoms with Crippen molar-refractivity contribution in [3.05, 3.63) is 0 Å². The first-order valence-electron chi connectivity index (χ1n) is 7.06. The Morgan fingerprint density at radius 1 is 0.941 bits per heavy atom. The molecule has 0 aliphatic rings. The van der Waals surface area contributed by atoms with Gasteiger partial charge in [0.2, 0.25) is 0 Å². The van der Waals surface area contributed by atoms with Crippen LogP contribution in [0.15, 0.2) is 0 Å². The van der Waals surface area contributed by atoms with E-state index in [1.54, 1.807) is 0 Å². The fourth-order valence-corrected chi connectivity index (χ4v) is 1.86. The third kappa shape index (κ3) is 12.5. The quantitative estimate of drug-likeness (QED) is 0.366. The van der Waals surface area contributed by atoms with Gasteiger partial charge >= 0.3 is 0 Å². The Kier molecular flexibility index (Phi) is 14.4. The van der Waals surface area contributed by atoms with Crippen molar-refractivity contribution in [3.63, 3.8) is 0 Å². The maximum atomic E-state index is 5.64. The molecular formula is C14H29ClO2. The van der Waals surface area contributed by atoms with Crippen LogP contribution in [-0.2, 0) is 9.47 Å². The van der Waals surface area contributed by atoms with Gasteiger partial charge in [0.25, 0.3) is 0 Å². The van der Waals surface area contributed by atoms with Crippen LogP contribution < -0.4 is 0 Å². The molecule has 0 aromatic heterocycles. The van der Waals surface area contributed by atoms with Crippen LogP contribution in [0.3, 0.4) is 0 Å². The third-order valence-corrected chi connectivity index (χ3v) is 3.21. The minimum atomic E-state index is 0.715. The molecule has 0 spiro atoms. The molecule has 0 rings (SSSR count). The highest BCUT2D eigenvalue weighted by Crippen LogP contribution is 2.12. The minimum Gasteiger partial charge on any atom is -0.379 e. The first kappa shape index (κ1) is 17.2. The monoisotopic (exact) mass is 264 g/mol. The SMILES string of the molecule is CCCCC(CC)COCCOCCCCCl. The van der Waals surface area contributed by atoms with Crippen LogP contribution in [0, 0.1) is 5.92 Å². The number of unbranched alkanes of at least 4 members (excludes halogenated alkanes) is 2. The lowest BCUT2D eigenvalue weighted by atomic mass is 10.0. The van der Waals surface area contributed by atoms with Crippen LogP contribution in [0.5, 0.6) is 0 Å². The van der Waals surface area contributed by atoms with Crippen molar-refractivity contribution in [1.82, 2.24) is 0 Å². The van der Waals surface area contributed by atoms with Crippen LogP contribution in [0.25, 0.3) is 0 Å². The van der Waals surface area contributed by atoms with E-state index in [1.807, 2.05) is 0 Å². The van der Waals surface area contributed by atoms with E-state index in [9.17, 15) is 0 Å². The predicted molar refractivity (Wildman–Crippen MR) is 74.9 cm³/mol. The molecule has 0 aromatic rings. The van der Waals surface area contributed by atoms with Gasteiger partial charge in [0, 0.05) is 19.1 Å². The molecule has 1 unspecified atom stereocenters. The topological polar surface area (TPSA) is 18.5 Å². The summed E-state index contributed by atoms with van der Waals surface area (Å²) in [7, 11) is 0. The van der Waals surface area contributed by atoms with Gasteiger partial charge in [-0.05, 0) is 25.2 Å². The Morgan fingerprint density at radius 3 is 2.35 bits per heavy atom. The molecule has 0 saturated carbocycles. The normalized spacial score (nSPS) is 12.9. The molecule has 0 aliphatic heterocycles. The molecule has 0 fully saturated rings. The Morgan fingerprint density at radius 2 is 1.71 bits per heavy atom. The van der Waals surface area contributed by atoms with Crippen LogP contribution in [0.4, 0.5) is 0 Å². The van der Waals surface area contributed by atoms with Gasteiger partial charge in [-0.25, -0.2) is 0 Å². The second-order valence-electron chi connectivity index (χ2n) is 4.50. The van der Waals surface area contributed by atoms with Crippen molar-refractivity contribution < 1.29 is 9.47 Å². The van der Waals surface area contributed by atoms with Gasteiger partial charge in [-0.3, -0.25) is 0 Å². The van der Waals surface area contributed by atoms with Crippen LogP contribution in [0.2, 0.25) is 0 Å². The van der Waals surface area contributed by atoms with Gasteiger partial charge in [-0.15, -0.1) is 11.6 Å². The van der Waals surface area contributed by atoms with Gasteiger partial charge in [-0.2, -0.15) is 0 Å². The molecule has 0 amide bonds. The smallest absolute Gasteiger partial charge is 0.0700 e. The first-order valence-corrected chi connectivity index (χ1v) is 7.60. The maximum Gasteiger partial charge on any atom is 0.0700 e. The lowest BCUT2D eigenvalue weighted by Crippen LogP contribution is -2.12. The highest BCUT2D eigenvalue weighted by Gasteiger charge is 2.05. The van der Waals surface area contributed by atoms with E-state index in [0.29, 0.717) is 6.61 Å². The van der Waals surface area contributed by atoms with Crippen LogP contribution in [-0.4, -0.2) is 32.3 Å². The zero-order valence-electron chi connectivity index (χ0n) is 11.5. The van der Waals surface area contributed by atoms with E-state index in [2.05, 4.69) is 13.8 Å². The fraction of sp³-hybridized carbons (Fsp3) is 1.00. The third-order valence-electron chi connectivity index (χ3n) is 2.94. The van der Waals surface area contributed by atoms with Crippen molar-refractivity contribution >= 4 is 11.6 Å². The van der Waals surface area contributed by atoms with Gasteiger partial charge < -0.3 is 9.47 Å². The number of hydrogen-bond acceptors (Lipinski definition) is 2. The van der Waals surface area contributed by atoms with E-state index in [0.717, 1.165) is 44.5 Å². The van der Waals surface area contributed by atoms with E-state index >= 15 is 0 Å². The van der Waals surface area contributed by atoms with E-state index < -0.39 is 0 Å². The summed E-state index contributed by atoms with van der Waals surface area (Å²) in [6.45, 7) is 7.62. The summed E-state index contributed by atoms with van der Waals surface area (Å²) < 4.78 is 11.1. The standard InChI is InChI=1S/C14H29ClO2/c1-3-5-8-14(4-2)13-17-12-11-16-10-7-6-9-15/h14H,3-13H2,1-2H3. The summed E-state index contributed by atoms with van der Waals surface area (Å²) in [5.74, 6) is 1.46. The number of rotatable bonds is 13. The first-order chi connectivity index (χ1) is 8.35. The average Bonchev–Trinajstić information content (AvgIpc) is 2.36. The second kappa shape index (κ2) is 14.3. The van der Waals surface area contributed by atoms with Gasteiger partial charge in [0.05, 0.1) is 13.2 Å². The molecule has 0 aromatic carbocycles. The molecule has 2 nitrogen and oxygen atoms in total. The Balaban J connectivity index is 3.19. The van der Waals surface area contributed by atoms with Gasteiger partial charge in [0.1, 0.15) is 0 Å². The zero-order valence-corrected chi connectivity index (χ0v) is 12.3. The summed E-state index contributed by atoms with van der Waals surface area (Å²) in [5.41, 5.74) is 0. The molecule has 0 saturated heterocycles. The van der Waals surface area contributed by atoms with Gasteiger partial charge in [0.15, 0.2) is 0 Å². The molecule has 0 aliphatic carbocycles. The van der Waals surface area contributed by atoms with Crippen molar-refractivity contribution in [1.29, 1.82) is 0 Å². The number of halogens is 1.